The largest absolute Gasteiger partial charge is 0.337 e. The van der Waals surface area contributed by atoms with Crippen molar-refractivity contribution in [3.63, 3.8) is 0 Å². The molecular weight excluding hydrogens is 234 g/mol. The number of rotatable bonds is 2. The Morgan fingerprint density at radius 3 is 2.65 bits per heavy atom. The third-order valence-corrected chi connectivity index (χ3v) is 4.54. The summed E-state index contributed by atoms with van der Waals surface area (Å²) < 4.78 is 0. The van der Waals surface area contributed by atoms with Crippen LogP contribution in [0.1, 0.15) is 23.3 Å². The first-order valence-corrected chi connectivity index (χ1v) is 7.17. The van der Waals surface area contributed by atoms with Gasteiger partial charge in [-0.25, -0.2) is 4.98 Å². The zero-order valence-corrected chi connectivity index (χ0v) is 10.6. The molecule has 2 aliphatic heterocycles. The molecule has 0 aromatic carbocycles. The van der Waals surface area contributed by atoms with E-state index in [-0.39, 0.29) is 5.91 Å². The quantitative estimate of drug-likeness (QED) is 0.859. The molecule has 3 rings (SSSR count). The average Bonchev–Trinajstić information content (AvgIpc) is 2.80. The number of hydrogen-bond donors (Lipinski definition) is 1. The molecule has 17 heavy (non-hydrogen) atoms. The first-order chi connectivity index (χ1) is 8.34. The number of nitrogens with zero attached hydrogens (tertiary/aromatic N) is 2. The Morgan fingerprint density at radius 2 is 2.12 bits per heavy atom. The smallest absolute Gasteiger partial charge is 0.273 e. The summed E-state index contributed by atoms with van der Waals surface area (Å²) in [5, 5.41) is 5.16. The lowest BCUT2D eigenvalue weighted by Gasteiger charge is -2.40. The highest BCUT2D eigenvalue weighted by Crippen LogP contribution is 2.28. The van der Waals surface area contributed by atoms with Gasteiger partial charge in [-0.1, -0.05) is 0 Å². The maximum Gasteiger partial charge on any atom is 0.273 e. The van der Waals surface area contributed by atoms with Crippen molar-refractivity contribution in [3.8, 4) is 0 Å². The van der Waals surface area contributed by atoms with Gasteiger partial charge in [-0.05, 0) is 37.8 Å². The summed E-state index contributed by atoms with van der Waals surface area (Å²) in [6.45, 7) is 4.14. The van der Waals surface area contributed by atoms with Crippen LogP contribution in [0.15, 0.2) is 10.9 Å². The molecule has 0 atom stereocenters. The molecule has 0 saturated carbocycles. The molecule has 0 unspecified atom stereocenters. The van der Waals surface area contributed by atoms with Crippen LogP contribution in [0.25, 0.3) is 0 Å². The molecular formula is C12H17N3OS. The number of carbonyl (C=O) groups excluding carboxylic acids is 1. The molecule has 0 aliphatic carbocycles. The molecule has 1 aromatic rings. The van der Waals surface area contributed by atoms with E-state index in [1.54, 1.807) is 5.51 Å². The molecule has 5 heteroatoms. The number of nitrogens with one attached hydrogen (secondary N) is 1. The minimum absolute atomic E-state index is 0.108. The van der Waals surface area contributed by atoms with Gasteiger partial charge in [0, 0.05) is 18.5 Å². The topological polar surface area (TPSA) is 45.2 Å². The van der Waals surface area contributed by atoms with Gasteiger partial charge in [-0.2, -0.15) is 0 Å². The number of aromatic nitrogens is 1. The highest BCUT2D eigenvalue weighted by molar-refractivity contribution is 7.07. The molecule has 2 saturated heterocycles. The van der Waals surface area contributed by atoms with Gasteiger partial charge in [0.1, 0.15) is 5.69 Å². The van der Waals surface area contributed by atoms with Gasteiger partial charge in [0.25, 0.3) is 5.91 Å². The first kappa shape index (κ1) is 11.2. The molecule has 1 N–H and O–H groups in total. The lowest BCUT2D eigenvalue weighted by molar-refractivity contribution is 0.0625. The fourth-order valence-corrected chi connectivity index (χ4v) is 3.22. The Kier molecular flexibility index (Phi) is 3.11. The molecule has 0 radical (unpaired) electrons. The van der Waals surface area contributed by atoms with Crippen molar-refractivity contribution >= 4 is 17.2 Å². The molecule has 92 valence electrons. The Bertz CT molecular complexity index is 380. The van der Waals surface area contributed by atoms with E-state index in [1.165, 1.54) is 24.4 Å². The fraction of sp³-hybridized carbons (Fsp3) is 0.667. The third-order valence-electron chi connectivity index (χ3n) is 3.96. The van der Waals surface area contributed by atoms with Crippen molar-refractivity contribution < 1.29 is 4.79 Å². The SMILES string of the molecule is O=C(c1cscn1)N1CCC(C2CNC2)CC1. The fourth-order valence-electron chi connectivity index (χ4n) is 2.70. The predicted octanol–water partition coefficient (Wildman–Crippen LogP) is 1.21. The predicted molar refractivity (Wildman–Crippen MR) is 67.1 cm³/mol. The van der Waals surface area contributed by atoms with Crippen LogP contribution in [0, 0.1) is 11.8 Å². The van der Waals surface area contributed by atoms with Gasteiger partial charge in [0.15, 0.2) is 0 Å². The summed E-state index contributed by atoms with van der Waals surface area (Å²) in [6.07, 6.45) is 2.31. The van der Waals surface area contributed by atoms with Crippen LogP contribution < -0.4 is 5.32 Å². The second kappa shape index (κ2) is 4.74. The lowest BCUT2D eigenvalue weighted by atomic mass is 9.81. The minimum Gasteiger partial charge on any atom is -0.337 e. The number of hydrogen-bond acceptors (Lipinski definition) is 4. The van der Waals surface area contributed by atoms with Gasteiger partial charge in [-0.15, -0.1) is 11.3 Å². The maximum absolute atomic E-state index is 12.1. The minimum atomic E-state index is 0.108. The number of thiazole rings is 1. The van der Waals surface area contributed by atoms with Gasteiger partial charge in [0.05, 0.1) is 5.51 Å². The molecule has 2 aliphatic rings. The monoisotopic (exact) mass is 251 g/mol. The van der Waals surface area contributed by atoms with Crippen LogP contribution in [0.4, 0.5) is 0 Å². The van der Waals surface area contributed by atoms with E-state index in [0.717, 1.165) is 37.8 Å². The number of amides is 1. The van der Waals surface area contributed by atoms with E-state index < -0.39 is 0 Å². The van der Waals surface area contributed by atoms with Crippen molar-refractivity contribution in [1.29, 1.82) is 0 Å². The number of carbonyl (C=O) groups is 1. The van der Waals surface area contributed by atoms with Gasteiger partial charge in [0.2, 0.25) is 0 Å². The van der Waals surface area contributed by atoms with Crippen molar-refractivity contribution in [2.45, 2.75) is 12.8 Å². The van der Waals surface area contributed by atoms with E-state index in [9.17, 15) is 4.79 Å². The molecule has 1 aromatic heterocycles. The standard InChI is InChI=1S/C12H17N3OS/c16-12(11-7-17-8-14-11)15-3-1-9(2-4-15)10-5-13-6-10/h7-10,13H,1-6H2. The zero-order valence-electron chi connectivity index (χ0n) is 9.76. The number of piperidine rings is 1. The zero-order chi connectivity index (χ0) is 11.7. The van der Waals surface area contributed by atoms with E-state index in [1.807, 2.05) is 10.3 Å². The van der Waals surface area contributed by atoms with Crippen molar-refractivity contribution in [2.24, 2.45) is 11.8 Å². The Balaban J connectivity index is 1.55. The Labute approximate surface area is 105 Å². The highest BCUT2D eigenvalue weighted by Gasteiger charge is 2.31. The van der Waals surface area contributed by atoms with Crippen molar-refractivity contribution in [1.82, 2.24) is 15.2 Å². The summed E-state index contributed by atoms with van der Waals surface area (Å²) in [6, 6.07) is 0. The highest BCUT2D eigenvalue weighted by atomic mass is 32.1. The lowest BCUT2D eigenvalue weighted by Crippen LogP contribution is -2.49. The second-order valence-corrected chi connectivity index (χ2v) is 5.64. The molecule has 4 nitrogen and oxygen atoms in total. The third kappa shape index (κ3) is 2.21. The average molecular weight is 251 g/mol. The normalized spacial score (nSPS) is 22.5. The van der Waals surface area contributed by atoms with Gasteiger partial charge >= 0.3 is 0 Å². The van der Waals surface area contributed by atoms with Crippen LogP contribution in [0.2, 0.25) is 0 Å². The van der Waals surface area contributed by atoms with Crippen LogP contribution in [-0.4, -0.2) is 42.0 Å². The second-order valence-electron chi connectivity index (χ2n) is 4.92. The molecule has 3 heterocycles. The van der Waals surface area contributed by atoms with Crippen molar-refractivity contribution in [2.75, 3.05) is 26.2 Å². The Hall–Kier alpha value is -0.940. The van der Waals surface area contributed by atoms with Crippen LogP contribution in [0.3, 0.4) is 0 Å². The summed E-state index contributed by atoms with van der Waals surface area (Å²) >= 11 is 1.48. The van der Waals surface area contributed by atoms with Crippen LogP contribution in [0.5, 0.6) is 0 Å². The summed E-state index contributed by atoms with van der Waals surface area (Å²) in [5.41, 5.74) is 2.33. The molecule has 1 amide bonds. The van der Waals surface area contributed by atoms with E-state index in [0.29, 0.717) is 5.69 Å². The van der Waals surface area contributed by atoms with E-state index >= 15 is 0 Å². The maximum atomic E-state index is 12.1. The van der Waals surface area contributed by atoms with Crippen LogP contribution >= 0.6 is 11.3 Å². The van der Waals surface area contributed by atoms with E-state index in [2.05, 4.69) is 10.3 Å². The van der Waals surface area contributed by atoms with Gasteiger partial charge in [-0.3, -0.25) is 4.79 Å². The first-order valence-electron chi connectivity index (χ1n) is 6.23. The molecule has 0 spiro atoms. The summed E-state index contributed by atoms with van der Waals surface area (Å²) in [5.74, 6) is 1.78. The summed E-state index contributed by atoms with van der Waals surface area (Å²) in [4.78, 5) is 18.1. The number of likely N-dealkylation sites (tertiary alicyclic amines) is 1. The molecule has 0 bridgehead atoms. The van der Waals surface area contributed by atoms with E-state index in [4.69, 9.17) is 0 Å². The van der Waals surface area contributed by atoms with Crippen molar-refractivity contribution in [3.05, 3.63) is 16.6 Å². The Morgan fingerprint density at radius 1 is 1.35 bits per heavy atom. The summed E-state index contributed by atoms with van der Waals surface area (Å²) in [7, 11) is 0. The van der Waals surface area contributed by atoms with Crippen LogP contribution in [-0.2, 0) is 0 Å². The molecule has 2 fully saturated rings. The van der Waals surface area contributed by atoms with Gasteiger partial charge < -0.3 is 10.2 Å².